The quantitative estimate of drug-likeness (QED) is 0.482. The average molecular weight is 315 g/mol. The number of carbonyl (C=O) groups is 1. The van der Waals surface area contributed by atoms with Crippen LogP contribution in [0.4, 0.5) is 0 Å². The number of ether oxygens (including phenoxy) is 1. The van der Waals surface area contributed by atoms with E-state index in [2.05, 4.69) is 18.7 Å². The highest BCUT2D eigenvalue weighted by Gasteiger charge is 2.26. The standard InChI is InChI=1S/C16H33N3O3/c1-13(2)6-4-5-7-18-8-10-19(11-9-18)16(21)14(17)12-15(20)22-3/h13-15,20H,4-12,17H2,1-3H3. The largest absolute Gasteiger partial charge is 0.368 e. The van der Waals surface area contributed by atoms with E-state index in [0.717, 1.165) is 38.6 Å². The van der Waals surface area contributed by atoms with Crippen LogP contribution in [-0.4, -0.2) is 73.0 Å². The molecule has 130 valence electrons. The molecule has 2 unspecified atom stereocenters. The predicted molar refractivity (Wildman–Crippen MR) is 87.3 cm³/mol. The van der Waals surface area contributed by atoms with Crippen LogP contribution < -0.4 is 5.73 Å². The molecule has 0 aromatic rings. The minimum absolute atomic E-state index is 0.0874. The van der Waals surface area contributed by atoms with Crippen molar-refractivity contribution < 1.29 is 14.6 Å². The molecule has 1 aliphatic rings. The molecule has 6 nitrogen and oxygen atoms in total. The Morgan fingerprint density at radius 1 is 1.23 bits per heavy atom. The van der Waals surface area contributed by atoms with E-state index in [9.17, 15) is 9.90 Å². The first-order valence-corrected chi connectivity index (χ1v) is 8.41. The smallest absolute Gasteiger partial charge is 0.239 e. The summed E-state index contributed by atoms with van der Waals surface area (Å²) in [7, 11) is 1.40. The number of carbonyl (C=O) groups excluding carboxylic acids is 1. The van der Waals surface area contributed by atoms with E-state index >= 15 is 0 Å². The van der Waals surface area contributed by atoms with Gasteiger partial charge in [-0.05, 0) is 18.9 Å². The summed E-state index contributed by atoms with van der Waals surface area (Å²) in [6.45, 7) is 8.89. The van der Waals surface area contributed by atoms with Gasteiger partial charge in [0.25, 0.3) is 0 Å². The number of nitrogens with two attached hydrogens (primary N) is 1. The molecule has 0 radical (unpaired) electrons. The van der Waals surface area contributed by atoms with Crippen molar-refractivity contribution in [2.45, 2.75) is 51.9 Å². The first-order valence-electron chi connectivity index (χ1n) is 8.41. The van der Waals surface area contributed by atoms with Gasteiger partial charge >= 0.3 is 0 Å². The molecule has 1 saturated heterocycles. The van der Waals surface area contributed by atoms with Crippen molar-refractivity contribution in [1.82, 2.24) is 9.80 Å². The second-order valence-corrected chi connectivity index (χ2v) is 6.59. The number of unbranched alkanes of at least 4 members (excludes halogenated alkanes) is 1. The molecule has 2 atom stereocenters. The molecule has 0 aliphatic carbocycles. The molecule has 1 heterocycles. The second-order valence-electron chi connectivity index (χ2n) is 6.59. The van der Waals surface area contributed by atoms with Gasteiger partial charge in [-0.1, -0.05) is 26.7 Å². The number of hydrogen-bond donors (Lipinski definition) is 2. The van der Waals surface area contributed by atoms with E-state index in [0.29, 0.717) is 0 Å². The number of aliphatic hydroxyl groups is 1. The van der Waals surface area contributed by atoms with Gasteiger partial charge in [0.15, 0.2) is 6.29 Å². The van der Waals surface area contributed by atoms with Crippen molar-refractivity contribution in [2.24, 2.45) is 11.7 Å². The first-order chi connectivity index (χ1) is 10.4. The predicted octanol–water partition coefficient (Wildman–Crippen LogP) is 0.639. The van der Waals surface area contributed by atoms with Gasteiger partial charge in [-0.25, -0.2) is 0 Å². The Kier molecular flexibility index (Phi) is 8.93. The van der Waals surface area contributed by atoms with Gasteiger partial charge in [0, 0.05) is 39.7 Å². The molecule has 3 N–H and O–H groups in total. The lowest BCUT2D eigenvalue weighted by Crippen LogP contribution is -2.53. The number of aliphatic hydroxyl groups excluding tert-OH is 1. The number of nitrogens with zero attached hydrogens (tertiary/aromatic N) is 2. The van der Waals surface area contributed by atoms with E-state index in [1.807, 2.05) is 0 Å². The number of methoxy groups -OCH3 is 1. The van der Waals surface area contributed by atoms with E-state index < -0.39 is 12.3 Å². The Hall–Kier alpha value is -0.690. The van der Waals surface area contributed by atoms with Crippen LogP contribution in [0.15, 0.2) is 0 Å². The summed E-state index contributed by atoms with van der Waals surface area (Å²) in [6.07, 6.45) is 2.96. The summed E-state index contributed by atoms with van der Waals surface area (Å²) < 4.78 is 4.74. The normalized spacial score (nSPS) is 19.5. The Morgan fingerprint density at radius 3 is 2.41 bits per heavy atom. The average Bonchev–Trinajstić information content (AvgIpc) is 2.51. The van der Waals surface area contributed by atoms with Crippen LogP contribution in [0, 0.1) is 5.92 Å². The Bertz CT molecular complexity index is 318. The van der Waals surface area contributed by atoms with Gasteiger partial charge in [0.05, 0.1) is 6.04 Å². The van der Waals surface area contributed by atoms with Crippen molar-refractivity contribution in [3.8, 4) is 0 Å². The van der Waals surface area contributed by atoms with Gasteiger partial charge < -0.3 is 20.5 Å². The lowest BCUT2D eigenvalue weighted by Gasteiger charge is -2.36. The monoisotopic (exact) mass is 315 g/mol. The SMILES string of the molecule is COC(O)CC(N)C(=O)N1CCN(CCCCC(C)C)CC1. The fourth-order valence-electron chi connectivity index (χ4n) is 2.73. The zero-order valence-electron chi connectivity index (χ0n) is 14.3. The molecule has 1 rings (SSSR count). The van der Waals surface area contributed by atoms with Crippen LogP contribution >= 0.6 is 0 Å². The third-order valence-corrected chi connectivity index (χ3v) is 4.23. The first kappa shape index (κ1) is 19.4. The molecule has 6 heteroatoms. The Balaban J connectivity index is 2.22. The van der Waals surface area contributed by atoms with Gasteiger partial charge in [-0.2, -0.15) is 0 Å². The molecule has 0 aromatic heterocycles. The maximum atomic E-state index is 12.2. The van der Waals surface area contributed by atoms with Crippen molar-refractivity contribution >= 4 is 5.91 Å². The van der Waals surface area contributed by atoms with Crippen molar-refractivity contribution in [2.75, 3.05) is 39.8 Å². The number of piperazine rings is 1. The van der Waals surface area contributed by atoms with Crippen LogP contribution in [0.25, 0.3) is 0 Å². The molecule has 1 fully saturated rings. The summed E-state index contributed by atoms with van der Waals surface area (Å²) in [4.78, 5) is 16.4. The van der Waals surface area contributed by atoms with Gasteiger partial charge in [0.1, 0.15) is 0 Å². The van der Waals surface area contributed by atoms with E-state index in [4.69, 9.17) is 10.5 Å². The third-order valence-electron chi connectivity index (χ3n) is 4.23. The maximum Gasteiger partial charge on any atom is 0.239 e. The molecular weight excluding hydrogens is 282 g/mol. The highest BCUT2D eigenvalue weighted by atomic mass is 16.6. The van der Waals surface area contributed by atoms with Crippen molar-refractivity contribution in [3.05, 3.63) is 0 Å². The lowest BCUT2D eigenvalue weighted by molar-refractivity contribution is -0.138. The van der Waals surface area contributed by atoms with Gasteiger partial charge in [-0.3, -0.25) is 9.69 Å². The zero-order valence-corrected chi connectivity index (χ0v) is 14.3. The lowest BCUT2D eigenvalue weighted by atomic mass is 10.1. The van der Waals surface area contributed by atoms with Gasteiger partial charge in [-0.15, -0.1) is 0 Å². The van der Waals surface area contributed by atoms with E-state index in [1.54, 1.807) is 4.90 Å². The highest BCUT2D eigenvalue weighted by Crippen LogP contribution is 2.10. The Morgan fingerprint density at radius 2 is 1.86 bits per heavy atom. The van der Waals surface area contributed by atoms with Crippen LogP contribution in [0.5, 0.6) is 0 Å². The highest BCUT2D eigenvalue weighted by molar-refractivity contribution is 5.81. The molecule has 0 spiro atoms. The number of rotatable bonds is 9. The van der Waals surface area contributed by atoms with Crippen LogP contribution in [0.2, 0.25) is 0 Å². The minimum Gasteiger partial charge on any atom is -0.368 e. The molecule has 22 heavy (non-hydrogen) atoms. The summed E-state index contributed by atoms with van der Waals surface area (Å²) >= 11 is 0. The molecule has 0 aromatic carbocycles. The topological polar surface area (TPSA) is 79.0 Å². The van der Waals surface area contributed by atoms with E-state index in [1.165, 1.54) is 26.4 Å². The summed E-state index contributed by atoms with van der Waals surface area (Å²) in [5, 5.41) is 9.40. The second kappa shape index (κ2) is 10.2. The Labute approximate surface area is 134 Å². The summed E-state index contributed by atoms with van der Waals surface area (Å²) in [6, 6.07) is -0.687. The fourth-order valence-corrected chi connectivity index (χ4v) is 2.73. The molecule has 1 aliphatic heterocycles. The van der Waals surface area contributed by atoms with E-state index in [-0.39, 0.29) is 12.3 Å². The van der Waals surface area contributed by atoms with Crippen LogP contribution in [0.1, 0.15) is 39.5 Å². The number of amides is 1. The van der Waals surface area contributed by atoms with Crippen molar-refractivity contribution in [1.29, 1.82) is 0 Å². The van der Waals surface area contributed by atoms with Crippen LogP contribution in [-0.2, 0) is 9.53 Å². The molecular formula is C16H33N3O3. The summed E-state index contributed by atoms with van der Waals surface area (Å²) in [5.41, 5.74) is 5.84. The number of hydrogen-bond acceptors (Lipinski definition) is 5. The van der Waals surface area contributed by atoms with Gasteiger partial charge in [0.2, 0.25) is 5.91 Å². The molecule has 1 amide bonds. The third kappa shape index (κ3) is 7.05. The molecule has 0 saturated carbocycles. The zero-order chi connectivity index (χ0) is 16.5. The molecule has 0 bridgehead atoms. The fraction of sp³-hybridized carbons (Fsp3) is 0.938. The maximum absolute atomic E-state index is 12.2. The van der Waals surface area contributed by atoms with Crippen molar-refractivity contribution in [3.63, 3.8) is 0 Å². The minimum atomic E-state index is -0.971. The van der Waals surface area contributed by atoms with Crippen LogP contribution in [0.3, 0.4) is 0 Å². The summed E-state index contributed by atoms with van der Waals surface area (Å²) in [5.74, 6) is 0.689.